The smallest absolute Gasteiger partial charge is 0.137 e. The van der Waals surface area contributed by atoms with E-state index in [9.17, 15) is 13.9 Å². The molecule has 2 aromatic carbocycles. The minimum Gasteiger partial charge on any atom is -0.507 e. The molecule has 0 aromatic heterocycles. The molecule has 0 fully saturated rings. The summed E-state index contributed by atoms with van der Waals surface area (Å²) >= 11 is 5.76. The summed E-state index contributed by atoms with van der Waals surface area (Å²) in [5.74, 6) is -1.63. The standard InChI is InChI=1S/C13H9ClF2O/c1-7-2-4-10(15)12(13(7)16)9-6-8(14)3-5-11(9)17/h2-6,17H,1H3. The van der Waals surface area contributed by atoms with Crippen LogP contribution in [0.15, 0.2) is 30.3 Å². The van der Waals surface area contributed by atoms with Crippen molar-refractivity contribution in [1.29, 1.82) is 0 Å². The fourth-order valence-electron chi connectivity index (χ4n) is 1.61. The SMILES string of the molecule is Cc1ccc(F)c(-c2cc(Cl)ccc2O)c1F. The van der Waals surface area contributed by atoms with E-state index in [0.29, 0.717) is 10.6 Å². The lowest BCUT2D eigenvalue weighted by molar-refractivity contribution is 0.475. The normalized spacial score (nSPS) is 10.6. The summed E-state index contributed by atoms with van der Waals surface area (Å²) in [5.41, 5.74) is 0.0991. The van der Waals surface area contributed by atoms with E-state index < -0.39 is 11.6 Å². The van der Waals surface area contributed by atoms with Gasteiger partial charge < -0.3 is 5.11 Å². The van der Waals surface area contributed by atoms with Crippen LogP contribution in [-0.4, -0.2) is 5.11 Å². The van der Waals surface area contributed by atoms with Crippen molar-refractivity contribution in [3.8, 4) is 16.9 Å². The van der Waals surface area contributed by atoms with Crippen molar-refractivity contribution in [3.05, 3.63) is 52.6 Å². The maximum absolute atomic E-state index is 13.9. The Labute approximate surface area is 102 Å². The molecule has 0 saturated heterocycles. The van der Waals surface area contributed by atoms with E-state index in [4.69, 9.17) is 11.6 Å². The molecule has 1 N–H and O–H groups in total. The van der Waals surface area contributed by atoms with E-state index >= 15 is 0 Å². The quantitative estimate of drug-likeness (QED) is 0.804. The summed E-state index contributed by atoms with van der Waals surface area (Å²) in [6, 6.07) is 6.59. The molecule has 0 bridgehead atoms. The number of benzene rings is 2. The third kappa shape index (κ3) is 2.11. The Hall–Kier alpha value is -1.61. The molecule has 0 spiro atoms. The van der Waals surface area contributed by atoms with Crippen LogP contribution in [0.2, 0.25) is 5.02 Å². The van der Waals surface area contributed by atoms with E-state index in [2.05, 4.69) is 0 Å². The Bertz CT molecular complexity index is 582. The molecule has 0 atom stereocenters. The van der Waals surface area contributed by atoms with Crippen molar-refractivity contribution in [2.75, 3.05) is 0 Å². The number of phenols is 1. The van der Waals surface area contributed by atoms with Gasteiger partial charge in [0.05, 0.1) is 5.56 Å². The van der Waals surface area contributed by atoms with Gasteiger partial charge in [0, 0.05) is 10.6 Å². The van der Waals surface area contributed by atoms with Crippen LogP contribution in [0.3, 0.4) is 0 Å². The molecule has 0 radical (unpaired) electrons. The molecule has 0 saturated carbocycles. The third-order valence-corrected chi connectivity index (χ3v) is 2.75. The predicted octanol–water partition coefficient (Wildman–Crippen LogP) is 4.30. The highest BCUT2D eigenvalue weighted by atomic mass is 35.5. The molecule has 2 aromatic rings. The van der Waals surface area contributed by atoms with Crippen molar-refractivity contribution in [3.63, 3.8) is 0 Å². The maximum Gasteiger partial charge on any atom is 0.137 e. The highest BCUT2D eigenvalue weighted by Gasteiger charge is 2.16. The minimum atomic E-state index is -0.731. The second-order valence-corrected chi connectivity index (χ2v) is 4.15. The first-order valence-electron chi connectivity index (χ1n) is 4.94. The van der Waals surface area contributed by atoms with Crippen LogP contribution in [0, 0.1) is 18.6 Å². The van der Waals surface area contributed by atoms with Gasteiger partial charge in [-0.15, -0.1) is 0 Å². The number of phenolic OH excluding ortho intramolecular Hbond substituents is 1. The second kappa shape index (κ2) is 4.34. The summed E-state index contributed by atoms with van der Waals surface area (Å²) in [5, 5.41) is 9.94. The van der Waals surface area contributed by atoms with Gasteiger partial charge in [0.2, 0.25) is 0 Å². The molecule has 1 nitrogen and oxygen atoms in total. The zero-order valence-corrected chi connectivity index (χ0v) is 9.72. The summed E-state index contributed by atoms with van der Waals surface area (Å²) in [6.45, 7) is 1.53. The summed E-state index contributed by atoms with van der Waals surface area (Å²) in [6.07, 6.45) is 0. The van der Waals surface area contributed by atoms with Gasteiger partial charge in [0.1, 0.15) is 17.4 Å². The van der Waals surface area contributed by atoms with Gasteiger partial charge >= 0.3 is 0 Å². The monoisotopic (exact) mass is 254 g/mol. The Kier molecular flexibility index (Phi) is 3.03. The number of halogens is 3. The van der Waals surface area contributed by atoms with Crippen LogP contribution in [0.4, 0.5) is 8.78 Å². The summed E-state index contributed by atoms with van der Waals surface area (Å²) in [4.78, 5) is 0. The average molecular weight is 255 g/mol. The highest BCUT2D eigenvalue weighted by molar-refractivity contribution is 6.31. The second-order valence-electron chi connectivity index (χ2n) is 3.71. The van der Waals surface area contributed by atoms with E-state index in [0.717, 1.165) is 6.07 Å². The number of aromatic hydroxyl groups is 1. The molecule has 0 amide bonds. The van der Waals surface area contributed by atoms with Crippen molar-refractivity contribution >= 4 is 11.6 Å². The number of aryl methyl sites for hydroxylation is 1. The lowest BCUT2D eigenvalue weighted by Gasteiger charge is -2.09. The molecular weight excluding hydrogens is 246 g/mol. The fourth-order valence-corrected chi connectivity index (χ4v) is 1.78. The Morgan fingerprint density at radius 2 is 1.82 bits per heavy atom. The number of rotatable bonds is 1. The lowest BCUT2D eigenvalue weighted by atomic mass is 10.0. The summed E-state index contributed by atoms with van der Waals surface area (Å²) < 4.78 is 27.5. The van der Waals surface area contributed by atoms with Crippen LogP contribution in [0.1, 0.15) is 5.56 Å². The molecule has 0 heterocycles. The van der Waals surface area contributed by atoms with Gasteiger partial charge in [-0.3, -0.25) is 0 Å². The molecule has 0 aliphatic rings. The predicted molar refractivity (Wildman–Crippen MR) is 63.2 cm³/mol. The fraction of sp³-hybridized carbons (Fsp3) is 0.0769. The average Bonchev–Trinajstić information content (AvgIpc) is 2.29. The molecule has 17 heavy (non-hydrogen) atoms. The van der Waals surface area contributed by atoms with E-state index in [1.54, 1.807) is 0 Å². The maximum atomic E-state index is 13.9. The first-order chi connectivity index (χ1) is 8.00. The van der Waals surface area contributed by atoms with Crippen LogP contribution in [0.5, 0.6) is 5.75 Å². The van der Waals surface area contributed by atoms with Crippen LogP contribution in [-0.2, 0) is 0 Å². The van der Waals surface area contributed by atoms with Crippen LogP contribution in [0.25, 0.3) is 11.1 Å². The van der Waals surface area contributed by atoms with Crippen molar-refractivity contribution in [2.24, 2.45) is 0 Å². The topological polar surface area (TPSA) is 20.2 Å². The van der Waals surface area contributed by atoms with Gasteiger partial charge in [0.15, 0.2) is 0 Å². The van der Waals surface area contributed by atoms with Gasteiger partial charge in [0.25, 0.3) is 0 Å². The van der Waals surface area contributed by atoms with Gasteiger partial charge in [-0.05, 0) is 36.8 Å². The molecule has 2 rings (SSSR count). The third-order valence-electron chi connectivity index (χ3n) is 2.51. The highest BCUT2D eigenvalue weighted by Crippen LogP contribution is 2.35. The largest absolute Gasteiger partial charge is 0.507 e. The van der Waals surface area contributed by atoms with Crippen molar-refractivity contribution in [2.45, 2.75) is 6.92 Å². The minimum absolute atomic E-state index is 0.0520. The van der Waals surface area contributed by atoms with Gasteiger partial charge in [-0.2, -0.15) is 0 Å². The zero-order chi connectivity index (χ0) is 12.6. The van der Waals surface area contributed by atoms with Crippen molar-refractivity contribution in [1.82, 2.24) is 0 Å². The van der Waals surface area contributed by atoms with Crippen molar-refractivity contribution < 1.29 is 13.9 Å². The zero-order valence-electron chi connectivity index (χ0n) is 8.97. The molecular formula is C13H9ClF2O. The Morgan fingerprint density at radius 3 is 2.53 bits per heavy atom. The van der Waals surface area contributed by atoms with Gasteiger partial charge in [-0.25, -0.2) is 8.78 Å². The van der Waals surface area contributed by atoms with E-state index in [-0.39, 0.29) is 16.9 Å². The molecule has 88 valence electrons. The molecule has 0 unspecified atom stereocenters. The van der Waals surface area contributed by atoms with E-state index in [1.165, 1.54) is 31.2 Å². The number of hydrogen-bond acceptors (Lipinski definition) is 1. The first kappa shape index (κ1) is 11.9. The Balaban J connectivity index is 2.76. The molecule has 0 aliphatic heterocycles. The lowest BCUT2D eigenvalue weighted by Crippen LogP contribution is -1.93. The Morgan fingerprint density at radius 1 is 1.12 bits per heavy atom. The first-order valence-corrected chi connectivity index (χ1v) is 5.32. The summed E-state index contributed by atoms with van der Waals surface area (Å²) in [7, 11) is 0. The van der Waals surface area contributed by atoms with Gasteiger partial charge in [-0.1, -0.05) is 17.7 Å². The van der Waals surface area contributed by atoms with Crippen LogP contribution >= 0.6 is 11.6 Å². The van der Waals surface area contributed by atoms with E-state index in [1.807, 2.05) is 0 Å². The molecule has 0 aliphatic carbocycles. The van der Waals surface area contributed by atoms with Crippen LogP contribution < -0.4 is 0 Å². The molecule has 4 heteroatoms. The number of hydrogen-bond donors (Lipinski definition) is 1.